The predicted octanol–water partition coefficient (Wildman–Crippen LogP) is 3.51. The first-order valence-corrected chi connectivity index (χ1v) is 10.8. The molecule has 0 aliphatic rings. The number of para-hydroxylation sites is 2. The molecule has 0 radical (unpaired) electrons. The molecule has 0 bridgehead atoms. The van der Waals surface area contributed by atoms with Gasteiger partial charge in [-0.3, -0.25) is 14.0 Å². The van der Waals surface area contributed by atoms with Crippen LogP contribution >= 0.6 is 11.8 Å². The van der Waals surface area contributed by atoms with Gasteiger partial charge in [0.25, 0.3) is 5.56 Å². The second-order valence-electron chi connectivity index (χ2n) is 7.41. The number of primary amides is 1. The van der Waals surface area contributed by atoms with Crippen LogP contribution < -0.4 is 11.3 Å². The van der Waals surface area contributed by atoms with E-state index in [-0.39, 0.29) is 11.5 Å². The van der Waals surface area contributed by atoms with Gasteiger partial charge in [-0.25, -0.2) is 4.57 Å². The zero-order valence-corrected chi connectivity index (χ0v) is 17.9. The Kier molecular flexibility index (Phi) is 5.34. The van der Waals surface area contributed by atoms with Crippen molar-refractivity contribution in [2.75, 3.05) is 0 Å². The lowest BCUT2D eigenvalue weighted by Crippen LogP contribution is -2.25. The Morgan fingerprint density at radius 2 is 1.80 bits per heavy atom. The van der Waals surface area contributed by atoms with E-state index in [4.69, 9.17) is 5.73 Å². The maximum Gasteiger partial charge on any atom is 0.267 e. The van der Waals surface area contributed by atoms with Crippen molar-refractivity contribution in [3.8, 4) is 5.69 Å². The van der Waals surface area contributed by atoms with Gasteiger partial charge in [-0.1, -0.05) is 62.9 Å². The van der Waals surface area contributed by atoms with Crippen LogP contribution in [0.1, 0.15) is 38.7 Å². The number of nitrogens with zero attached hydrogens (tertiary/aromatic N) is 4. The van der Waals surface area contributed by atoms with E-state index in [1.165, 1.54) is 11.8 Å². The molecule has 0 saturated carbocycles. The van der Waals surface area contributed by atoms with Gasteiger partial charge in [0.05, 0.1) is 21.8 Å². The van der Waals surface area contributed by atoms with E-state index in [1.807, 2.05) is 53.8 Å². The number of hydrogen-bond acceptors (Lipinski definition) is 5. The minimum Gasteiger partial charge on any atom is -0.369 e. The highest BCUT2D eigenvalue weighted by Crippen LogP contribution is 2.29. The molecule has 4 aromatic rings. The third kappa shape index (κ3) is 3.27. The summed E-state index contributed by atoms with van der Waals surface area (Å²) in [6, 6.07) is 15.2. The summed E-state index contributed by atoms with van der Waals surface area (Å²) in [5.41, 5.74) is 7.90. The molecule has 30 heavy (non-hydrogen) atoms. The van der Waals surface area contributed by atoms with Crippen LogP contribution in [0.25, 0.3) is 22.4 Å². The van der Waals surface area contributed by atoms with Crippen molar-refractivity contribution < 1.29 is 4.79 Å². The van der Waals surface area contributed by atoms with Gasteiger partial charge in [0, 0.05) is 0 Å². The molecule has 0 aliphatic heterocycles. The number of benzene rings is 2. The molecule has 154 valence electrons. The molecule has 1 atom stereocenters. The van der Waals surface area contributed by atoms with Gasteiger partial charge in [0.2, 0.25) is 11.7 Å². The molecule has 2 heterocycles. The van der Waals surface area contributed by atoms with E-state index >= 15 is 0 Å². The molecule has 1 unspecified atom stereocenters. The van der Waals surface area contributed by atoms with E-state index in [0.29, 0.717) is 28.3 Å². The van der Waals surface area contributed by atoms with Gasteiger partial charge in [-0.15, -0.1) is 10.2 Å². The normalized spacial score (nSPS) is 12.7. The number of nitrogens with two attached hydrogens (primary N) is 1. The topological polar surface area (TPSA) is 95.3 Å². The Hall–Kier alpha value is -3.13. The molecule has 8 heteroatoms. The standard InChI is InChI=1S/C22H23N5O2S/c1-4-18(19(23)28)30-22-25-24-21-26(16-11-7-5-9-14(16)13(2)3)20(29)15-10-6-8-12-17(15)27(21)22/h5-13,18H,4H2,1-3H3,(H2,23,28). The van der Waals surface area contributed by atoms with Crippen LogP contribution in [0.3, 0.4) is 0 Å². The molecular formula is C22H23N5O2S. The predicted molar refractivity (Wildman–Crippen MR) is 119 cm³/mol. The molecule has 2 N–H and O–H groups in total. The number of hydrogen-bond donors (Lipinski definition) is 1. The van der Waals surface area contributed by atoms with Crippen LogP contribution in [-0.2, 0) is 4.79 Å². The molecule has 0 aliphatic carbocycles. The number of fused-ring (bicyclic) bond motifs is 3. The number of carbonyl (C=O) groups is 1. The van der Waals surface area contributed by atoms with Crippen molar-refractivity contribution in [1.82, 2.24) is 19.2 Å². The zero-order chi connectivity index (χ0) is 21.4. The molecular weight excluding hydrogens is 398 g/mol. The second-order valence-corrected chi connectivity index (χ2v) is 8.58. The zero-order valence-electron chi connectivity index (χ0n) is 17.1. The van der Waals surface area contributed by atoms with Crippen molar-refractivity contribution in [2.24, 2.45) is 5.73 Å². The third-order valence-electron chi connectivity index (χ3n) is 5.13. The van der Waals surface area contributed by atoms with Crippen molar-refractivity contribution in [2.45, 2.75) is 43.5 Å². The van der Waals surface area contributed by atoms with Gasteiger partial charge in [0.15, 0.2) is 5.16 Å². The first-order valence-electron chi connectivity index (χ1n) is 9.88. The van der Waals surface area contributed by atoms with Crippen LogP contribution in [0.5, 0.6) is 0 Å². The summed E-state index contributed by atoms with van der Waals surface area (Å²) >= 11 is 1.27. The Morgan fingerprint density at radius 3 is 2.50 bits per heavy atom. The lowest BCUT2D eigenvalue weighted by atomic mass is 10.0. The van der Waals surface area contributed by atoms with Crippen molar-refractivity contribution in [3.05, 3.63) is 64.4 Å². The monoisotopic (exact) mass is 421 g/mol. The number of thioether (sulfide) groups is 1. The quantitative estimate of drug-likeness (QED) is 0.481. The maximum atomic E-state index is 13.5. The van der Waals surface area contributed by atoms with E-state index < -0.39 is 11.2 Å². The fourth-order valence-electron chi connectivity index (χ4n) is 3.62. The smallest absolute Gasteiger partial charge is 0.267 e. The van der Waals surface area contributed by atoms with E-state index in [0.717, 1.165) is 11.3 Å². The SMILES string of the molecule is CCC(Sc1nnc2n(-c3ccccc3C(C)C)c(=O)c3ccccc3n12)C(N)=O. The summed E-state index contributed by atoms with van der Waals surface area (Å²) in [4.78, 5) is 25.3. The summed E-state index contributed by atoms with van der Waals surface area (Å²) in [6.07, 6.45) is 0.572. The Labute approximate surface area is 177 Å². The number of rotatable bonds is 6. The highest BCUT2D eigenvalue weighted by atomic mass is 32.2. The molecule has 0 spiro atoms. The lowest BCUT2D eigenvalue weighted by Gasteiger charge is -2.17. The molecule has 2 aromatic heterocycles. The number of amides is 1. The average Bonchev–Trinajstić information content (AvgIpc) is 3.15. The first-order chi connectivity index (χ1) is 14.4. The molecule has 0 saturated heterocycles. The average molecular weight is 422 g/mol. The second kappa shape index (κ2) is 7.95. The Balaban J connectivity index is 2.09. The largest absolute Gasteiger partial charge is 0.369 e. The minimum absolute atomic E-state index is 0.155. The number of carbonyl (C=O) groups excluding carboxylic acids is 1. The van der Waals surface area contributed by atoms with Crippen molar-refractivity contribution in [3.63, 3.8) is 0 Å². The van der Waals surface area contributed by atoms with Crippen LogP contribution in [0.4, 0.5) is 0 Å². The third-order valence-corrected chi connectivity index (χ3v) is 6.46. The van der Waals surface area contributed by atoms with Crippen LogP contribution in [-0.4, -0.2) is 30.3 Å². The van der Waals surface area contributed by atoms with Crippen molar-refractivity contribution >= 4 is 34.3 Å². The van der Waals surface area contributed by atoms with Crippen LogP contribution in [0.2, 0.25) is 0 Å². The van der Waals surface area contributed by atoms with Gasteiger partial charge >= 0.3 is 0 Å². The number of aromatic nitrogens is 4. The lowest BCUT2D eigenvalue weighted by molar-refractivity contribution is -0.117. The highest BCUT2D eigenvalue weighted by molar-refractivity contribution is 8.00. The first kappa shape index (κ1) is 20.2. The summed E-state index contributed by atoms with van der Waals surface area (Å²) < 4.78 is 3.45. The van der Waals surface area contributed by atoms with E-state index in [2.05, 4.69) is 24.0 Å². The maximum absolute atomic E-state index is 13.5. The van der Waals surface area contributed by atoms with Crippen LogP contribution in [0.15, 0.2) is 58.5 Å². The molecule has 2 aromatic carbocycles. The molecule has 0 fully saturated rings. The Morgan fingerprint density at radius 1 is 1.10 bits per heavy atom. The fraction of sp³-hybridized carbons (Fsp3) is 0.273. The molecule has 1 amide bonds. The summed E-state index contributed by atoms with van der Waals surface area (Å²) in [6.45, 7) is 6.08. The van der Waals surface area contributed by atoms with Crippen molar-refractivity contribution in [1.29, 1.82) is 0 Å². The van der Waals surface area contributed by atoms with Crippen LogP contribution in [0, 0.1) is 0 Å². The highest BCUT2D eigenvalue weighted by Gasteiger charge is 2.23. The Bertz CT molecular complexity index is 1310. The summed E-state index contributed by atoms with van der Waals surface area (Å²) in [5.74, 6) is 0.228. The summed E-state index contributed by atoms with van der Waals surface area (Å²) in [5, 5.41) is 9.33. The van der Waals surface area contributed by atoms with Gasteiger partial charge in [-0.05, 0) is 36.1 Å². The van der Waals surface area contributed by atoms with Gasteiger partial charge in [0.1, 0.15) is 0 Å². The summed E-state index contributed by atoms with van der Waals surface area (Å²) in [7, 11) is 0. The molecule has 4 rings (SSSR count). The molecule has 7 nitrogen and oxygen atoms in total. The van der Waals surface area contributed by atoms with Gasteiger partial charge in [-0.2, -0.15) is 0 Å². The van der Waals surface area contributed by atoms with E-state index in [9.17, 15) is 9.59 Å². The minimum atomic E-state index is -0.431. The van der Waals surface area contributed by atoms with Gasteiger partial charge < -0.3 is 5.73 Å². The van der Waals surface area contributed by atoms with E-state index in [1.54, 1.807) is 10.6 Å². The fourth-order valence-corrected chi connectivity index (χ4v) is 4.53.